The summed E-state index contributed by atoms with van der Waals surface area (Å²) in [6, 6.07) is 5.92. The normalized spacial score (nSPS) is 21.8. The Morgan fingerprint density at radius 1 is 1.40 bits per heavy atom. The Bertz CT molecular complexity index is 465. The van der Waals surface area contributed by atoms with E-state index in [9.17, 15) is 4.79 Å². The molecule has 0 aliphatic heterocycles. The molecule has 2 rings (SSSR count). The first kappa shape index (κ1) is 16.8. The summed E-state index contributed by atoms with van der Waals surface area (Å²) in [7, 11) is 1.61. The number of benzene rings is 1. The third-order valence-electron chi connectivity index (χ3n) is 3.70. The first-order valence-electron chi connectivity index (χ1n) is 6.81. The van der Waals surface area contributed by atoms with Crippen LogP contribution in [0.1, 0.15) is 31.2 Å². The van der Waals surface area contributed by atoms with Crippen LogP contribution in [0.2, 0.25) is 0 Å². The fourth-order valence-electron chi connectivity index (χ4n) is 2.62. The Kier molecular flexibility index (Phi) is 6.30. The number of carbonyl (C=O) groups excluding carboxylic acids is 1. The number of hydrogen-bond acceptors (Lipinski definition) is 3. The number of anilines is 1. The molecule has 1 saturated carbocycles. The highest BCUT2D eigenvalue weighted by atomic mass is 35.5. The molecule has 2 unspecified atom stereocenters. The molecule has 0 aromatic heterocycles. The van der Waals surface area contributed by atoms with E-state index in [4.69, 9.17) is 10.5 Å². The van der Waals surface area contributed by atoms with E-state index in [1.807, 2.05) is 25.1 Å². The Morgan fingerprint density at radius 2 is 2.15 bits per heavy atom. The lowest BCUT2D eigenvalue weighted by Crippen LogP contribution is -2.34. The van der Waals surface area contributed by atoms with Crippen molar-refractivity contribution in [1.82, 2.24) is 0 Å². The summed E-state index contributed by atoms with van der Waals surface area (Å²) in [6.45, 7) is 1.99. The van der Waals surface area contributed by atoms with Crippen molar-refractivity contribution in [2.75, 3.05) is 12.4 Å². The van der Waals surface area contributed by atoms with Gasteiger partial charge >= 0.3 is 0 Å². The van der Waals surface area contributed by atoms with Crippen molar-refractivity contribution < 1.29 is 9.53 Å². The highest BCUT2D eigenvalue weighted by Gasteiger charge is 2.25. The fourth-order valence-corrected chi connectivity index (χ4v) is 2.62. The molecule has 0 saturated heterocycles. The van der Waals surface area contributed by atoms with Crippen LogP contribution in [-0.2, 0) is 4.79 Å². The van der Waals surface area contributed by atoms with E-state index in [1.54, 1.807) is 7.11 Å². The number of ether oxygens (including phenoxy) is 1. The molecule has 1 aromatic carbocycles. The summed E-state index contributed by atoms with van der Waals surface area (Å²) in [6.07, 6.45) is 3.76. The Hall–Kier alpha value is -1.26. The van der Waals surface area contributed by atoms with Crippen LogP contribution in [0.25, 0.3) is 0 Å². The third kappa shape index (κ3) is 4.12. The van der Waals surface area contributed by atoms with E-state index in [1.165, 1.54) is 0 Å². The zero-order valence-corrected chi connectivity index (χ0v) is 12.8. The average molecular weight is 299 g/mol. The van der Waals surface area contributed by atoms with Gasteiger partial charge in [0.2, 0.25) is 5.91 Å². The van der Waals surface area contributed by atoms with Crippen LogP contribution in [-0.4, -0.2) is 19.1 Å². The summed E-state index contributed by atoms with van der Waals surface area (Å²) >= 11 is 0. The lowest BCUT2D eigenvalue weighted by Gasteiger charge is -2.26. The smallest absolute Gasteiger partial charge is 0.227 e. The second-order valence-corrected chi connectivity index (χ2v) is 5.32. The minimum absolute atomic E-state index is 0. The number of nitrogens with one attached hydrogen (secondary N) is 1. The number of amides is 1. The molecule has 0 radical (unpaired) electrons. The molecule has 4 nitrogen and oxygen atoms in total. The van der Waals surface area contributed by atoms with Gasteiger partial charge in [0.1, 0.15) is 5.75 Å². The maximum atomic E-state index is 12.3. The number of aryl methyl sites for hydroxylation is 1. The fraction of sp³-hybridized carbons (Fsp3) is 0.533. The number of halogens is 1. The number of methoxy groups -OCH3 is 1. The maximum Gasteiger partial charge on any atom is 0.227 e. The molecular weight excluding hydrogens is 276 g/mol. The minimum atomic E-state index is 0. The van der Waals surface area contributed by atoms with Gasteiger partial charge in [-0.25, -0.2) is 0 Å². The third-order valence-corrected chi connectivity index (χ3v) is 3.70. The van der Waals surface area contributed by atoms with Gasteiger partial charge in [0.15, 0.2) is 0 Å². The number of carbonyl (C=O) groups is 1. The Morgan fingerprint density at radius 3 is 2.80 bits per heavy atom. The van der Waals surface area contributed by atoms with Crippen LogP contribution in [0.15, 0.2) is 18.2 Å². The van der Waals surface area contributed by atoms with Crippen LogP contribution in [0.5, 0.6) is 5.75 Å². The Balaban J connectivity index is 0.00000200. The van der Waals surface area contributed by atoms with E-state index < -0.39 is 0 Å². The summed E-state index contributed by atoms with van der Waals surface area (Å²) in [4.78, 5) is 12.3. The van der Waals surface area contributed by atoms with E-state index in [0.717, 1.165) is 36.9 Å². The zero-order chi connectivity index (χ0) is 13.8. The second kappa shape index (κ2) is 7.50. The highest BCUT2D eigenvalue weighted by molar-refractivity contribution is 5.94. The van der Waals surface area contributed by atoms with Crippen LogP contribution in [0.4, 0.5) is 5.69 Å². The number of hydrogen-bond donors (Lipinski definition) is 2. The van der Waals surface area contributed by atoms with Crippen LogP contribution < -0.4 is 15.8 Å². The lowest BCUT2D eigenvalue weighted by atomic mass is 9.85. The zero-order valence-electron chi connectivity index (χ0n) is 12.0. The van der Waals surface area contributed by atoms with E-state index >= 15 is 0 Å². The monoisotopic (exact) mass is 298 g/mol. The van der Waals surface area contributed by atoms with Crippen molar-refractivity contribution in [2.45, 2.75) is 38.6 Å². The van der Waals surface area contributed by atoms with Gasteiger partial charge in [0.05, 0.1) is 12.8 Å². The van der Waals surface area contributed by atoms with Gasteiger partial charge in [-0.15, -0.1) is 12.4 Å². The molecule has 3 N–H and O–H groups in total. The van der Waals surface area contributed by atoms with E-state index in [0.29, 0.717) is 5.75 Å². The van der Waals surface area contributed by atoms with Crippen molar-refractivity contribution in [1.29, 1.82) is 0 Å². The molecule has 1 aliphatic rings. The van der Waals surface area contributed by atoms with Gasteiger partial charge in [-0.3, -0.25) is 4.79 Å². The molecule has 5 heteroatoms. The quantitative estimate of drug-likeness (QED) is 0.902. The van der Waals surface area contributed by atoms with Gasteiger partial charge in [0, 0.05) is 12.0 Å². The molecule has 112 valence electrons. The van der Waals surface area contributed by atoms with E-state index in [2.05, 4.69) is 5.32 Å². The topological polar surface area (TPSA) is 64.3 Å². The second-order valence-electron chi connectivity index (χ2n) is 5.32. The first-order valence-corrected chi connectivity index (χ1v) is 6.81. The summed E-state index contributed by atoms with van der Waals surface area (Å²) in [5.41, 5.74) is 7.77. The van der Waals surface area contributed by atoms with Gasteiger partial charge < -0.3 is 15.8 Å². The van der Waals surface area contributed by atoms with E-state index in [-0.39, 0.29) is 30.3 Å². The molecule has 1 aromatic rings. The average Bonchev–Trinajstić information content (AvgIpc) is 2.39. The summed E-state index contributed by atoms with van der Waals surface area (Å²) in [5, 5.41) is 2.97. The van der Waals surface area contributed by atoms with Gasteiger partial charge in [0.25, 0.3) is 0 Å². The maximum absolute atomic E-state index is 12.3. The SMILES string of the molecule is COc1ccc(C)cc1NC(=O)C1CCCC(N)C1.Cl. The molecule has 0 bridgehead atoms. The number of rotatable bonds is 3. The van der Waals surface area contributed by atoms with Gasteiger partial charge in [-0.1, -0.05) is 12.5 Å². The lowest BCUT2D eigenvalue weighted by molar-refractivity contribution is -0.120. The van der Waals surface area contributed by atoms with Crippen molar-refractivity contribution in [3.63, 3.8) is 0 Å². The predicted octanol–water partition coefficient (Wildman–Crippen LogP) is 2.88. The van der Waals surface area contributed by atoms with Crippen LogP contribution >= 0.6 is 12.4 Å². The highest BCUT2D eigenvalue weighted by Crippen LogP contribution is 2.28. The molecule has 1 aliphatic carbocycles. The molecular formula is C15H23ClN2O2. The van der Waals surface area contributed by atoms with Gasteiger partial charge in [-0.2, -0.15) is 0 Å². The van der Waals surface area contributed by atoms with Crippen LogP contribution in [0.3, 0.4) is 0 Å². The molecule has 0 heterocycles. The molecule has 1 fully saturated rings. The van der Waals surface area contributed by atoms with Crippen molar-refractivity contribution in [2.24, 2.45) is 11.7 Å². The minimum Gasteiger partial charge on any atom is -0.495 e. The Labute approximate surface area is 126 Å². The molecule has 1 amide bonds. The summed E-state index contributed by atoms with van der Waals surface area (Å²) < 4.78 is 5.27. The van der Waals surface area contributed by atoms with Crippen LogP contribution in [0, 0.1) is 12.8 Å². The summed E-state index contributed by atoms with van der Waals surface area (Å²) in [5.74, 6) is 0.770. The largest absolute Gasteiger partial charge is 0.495 e. The van der Waals surface area contributed by atoms with Crippen molar-refractivity contribution in [3.05, 3.63) is 23.8 Å². The standard InChI is InChI=1S/C15H22N2O2.ClH/c1-10-6-7-14(19-2)13(8-10)17-15(18)11-4-3-5-12(16)9-11;/h6-8,11-12H,3-5,9,16H2,1-2H3,(H,17,18);1H. The predicted molar refractivity (Wildman–Crippen MR) is 83.5 cm³/mol. The number of nitrogens with two attached hydrogens (primary N) is 1. The van der Waals surface area contributed by atoms with Gasteiger partial charge in [-0.05, 0) is 43.9 Å². The molecule has 0 spiro atoms. The molecule has 2 atom stereocenters. The first-order chi connectivity index (χ1) is 9.10. The van der Waals surface area contributed by atoms with Crippen molar-refractivity contribution in [3.8, 4) is 5.75 Å². The molecule has 20 heavy (non-hydrogen) atoms. The van der Waals surface area contributed by atoms with Crippen molar-refractivity contribution >= 4 is 24.0 Å².